The minimum Gasteiger partial charge on any atom is -0.432 e. The molecule has 1 fully saturated rings. The summed E-state index contributed by atoms with van der Waals surface area (Å²) in [7, 11) is 1.92. The van der Waals surface area contributed by atoms with E-state index < -0.39 is 0 Å². The molecule has 1 aliphatic carbocycles. The van der Waals surface area contributed by atoms with Crippen molar-refractivity contribution in [3.05, 3.63) is 12.0 Å². The zero-order chi connectivity index (χ0) is 11.5. The second kappa shape index (κ2) is 4.87. The highest BCUT2D eigenvalue weighted by molar-refractivity contribution is 5.29. The maximum atomic E-state index is 5.54. The van der Waals surface area contributed by atoms with Crippen molar-refractivity contribution in [3.8, 4) is 0 Å². The van der Waals surface area contributed by atoms with Gasteiger partial charge in [0, 0.05) is 19.1 Å². The standard InChI is InChI=1S/C12H21N3O/c1-9(2)15(7-10-4-5-10)12-14-11(6-13-3)8-16-12/h8-10,13H,4-7H2,1-3H3. The van der Waals surface area contributed by atoms with E-state index in [-0.39, 0.29) is 0 Å². The molecule has 1 N–H and O–H groups in total. The predicted molar refractivity (Wildman–Crippen MR) is 64.5 cm³/mol. The fraction of sp³-hybridized carbons (Fsp3) is 0.750. The number of nitrogens with zero attached hydrogens (tertiary/aromatic N) is 2. The maximum absolute atomic E-state index is 5.54. The van der Waals surface area contributed by atoms with Crippen LogP contribution in [0, 0.1) is 5.92 Å². The van der Waals surface area contributed by atoms with E-state index in [9.17, 15) is 0 Å². The molecule has 0 unspecified atom stereocenters. The Labute approximate surface area is 97.0 Å². The number of oxazole rings is 1. The Morgan fingerprint density at radius 3 is 2.88 bits per heavy atom. The first kappa shape index (κ1) is 11.5. The summed E-state index contributed by atoms with van der Waals surface area (Å²) in [5.41, 5.74) is 0.971. The lowest BCUT2D eigenvalue weighted by molar-refractivity contribution is 0.502. The van der Waals surface area contributed by atoms with Gasteiger partial charge >= 0.3 is 0 Å². The number of rotatable bonds is 6. The summed E-state index contributed by atoms with van der Waals surface area (Å²) in [5.74, 6) is 0.849. The van der Waals surface area contributed by atoms with E-state index in [1.54, 1.807) is 6.26 Å². The molecule has 1 aliphatic rings. The lowest BCUT2D eigenvalue weighted by Crippen LogP contribution is -2.33. The molecule has 4 heteroatoms. The monoisotopic (exact) mass is 223 g/mol. The van der Waals surface area contributed by atoms with Crippen LogP contribution in [0.1, 0.15) is 32.4 Å². The van der Waals surface area contributed by atoms with Crippen molar-refractivity contribution >= 4 is 6.01 Å². The second-order valence-corrected chi connectivity index (χ2v) is 4.84. The maximum Gasteiger partial charge on any atom is 0.297 e. The fourth-order valence-electron chi connectivity index (χ4n) is 1.78. The molecule has 0 aliphatic heterocycles. The van der Waals surface area contributed by atoms with Gasteiger partial charge in [0.15, 0.2) is 0 Å². The summed E-state index contributed by atoms with van der Waals surface area (Å²) >= 11 is 0. The third kappa shape index (κ3) is 2.76. The summed E-state index contributed by atoms with van der Waals surface area (Å²) in [4.78, 5) is 6.76. The fourth-order valence-corrected chi connectivity index (χ4v) is 1.78. The van der Waals surface area contributed by atoms with Gasteiger partial charge in [-0.3, -0.25) is 0 Å². The molecule has 0 amide bonds. The summed E-state index contributed by atoms with van der Waals surface area (Å²) in [6.07, 6.45) is 4.45. The summed E-state index contributed by atoms with van der Waals surface area (Å²) in [5, 5.41) is 3.08. The molecule has 0 radical (unpaired) electrons. The third-order valence-corrected chi connectivity index (χ3v) is 2.92. The van der Waals surface area contributed by atoms with Gasteiger partial charge in [-0.25, -0.2) is 0 Å². The molecule has 90 valence electrons. The van der Waals surface area contributed by atoms with Crippen molar-refractivity contribution in [2.45, 2.75) is 39.3 Å². The van der Waals surface area contributed by atoms with Crippen molar-refractivity contribution in [2.24, 2.45) is 5.92 Å². The smallest absolute Gasteiger partial charge is 0.297 e. The van der Waals surface area contributed by atoms with Gasteiger partial charge in [0.25, 0.3) is 6.01 Å². The molecular weight excluding hydrogens is 202 g/mol. The van der Waals surface area contributed by atoms with Crippen molar-refractivity contribution in [1.82, 2.24) is 10.3 Å². The highest BCUT2D eigenvalue weighted by atomic mass is 16.4. The molecule has 0 atom stereocenters. The molecule has 0 aromatic carbocycles. The largest absolute Gasteiger partial charge is 0.432 e. The molecule has 1 aromatic rings. The molecule has 1 heterocycles. The van der Waals surface area contributed by atoms with Gasteiger partial charge in [-0.2, -0.15) is 4.98 Å². The summed E-state index contributed by atoms with van der Waals surface area (Å²) in [6.45, 7) is 6.21. The Bertz CT molecular complexity index is 331. The summed E-state index contributed by atoms with van der Waals surface area (Å²) < 4.78 is 5.54. The van der Waals surface area contributed by atoms with E-state index in [1.165, 1.54) is 12.8 Å². The van der Waals surface area contributed by atoms with Crippen LogP contribution in [-0.4, -0.2) is 24.6 Å². The molecule has 0 bridgehead atoms. The molecule has 0 saturated heterocycles. The van der Waals surface area contributed by atoms with Crippen LogP contribution in [0.5, 0.6) is 0 Å². The van der Waals surface area contributed by atoms with Gasteiger partial charge in [-0.15, -0.1) is 0 Å². The van der Waals surface area contributed by atoms with Crippen LogP contribution in [0.25, 0.3) is 0 Å². The van der Waals surface area contributed by atoms with E-state index in [4.69, 9.17) is 4.42 Å². The van der Waals surface area contributed by atoms with Crippen LogP contribution in [-0.2, 0) is 6.54 Å². The number of anilines is 1. The second-order valence-electron chi connectivity index (χ2n) is 4.84. The van der Waals surface area contributed by atoms with Crippen molar-refractivity contribution in [1.29, 1.82) is 0 Å². The first-order valence-corrected chi connectivity index (χ1v) is 6.06. The molecule has 1 saturated carbocycles. The van der Waals surface area contributed by atoms with Crippen LogP contribution >= 0.6 is 0 Å². The highest BCUT2D eigenvalue weighted by Gasteiger charge is 2.27. The Kier molecular flexibility index (Phi) is 3.49. The zero-order valence-electron chi connectivity index (χ0n) is 10.4. The molecule has 2 rings (SSSR count). The SMILES string of the molecule is CNCc1coc(N(CC2CC2)C(C)C)n1. The molecule has 1 aromatic heterocycles. The molecule has 4 nitrogen and oxygen atoms in total. The first-order chi connectivity index (χ1) is 7.70. The first-order valence-electron chi connectivity index (χ1n) is 6.06. The van der Waals surface area contributed by atoms with E-state index in [2.05, 4.69) is 29.0 Å². The van der Waals surface area contributed by atoms with E-state index in [0.29, 0.717) is 6.04 Å². The minimum absolute atomic E-state index is 0.446. The molecular formula is C12H21N3O. The number of hydrogen-bond acceptors (Lipinski definition) is 4. The minimum atomic E-state index is 0.446. The van der Waals surface area contributed by atoms with Crippen molar-refractivity contribution in [2.75, 3.05) is 18.5 Å². The number of nitrogens with one attached hydrogen (secondary N) is 1. The molecule has 16 heavy (non-hydrogen) atoms. The summed E-state index contributed by atoms with van der Waals surface area (Å²) in [6, 6.07) is 1.22. The van der Waals surface area contributed by atoms with Gasteiger partial charge < -0.3 is 14.6 Å². The Hall–Kier alpha value is -1.03. The lowest BCUT2D eigenvalue weighted by atomic mass is 10.3. The highest BCUT2D eigenvalue weighted by Crippen LogP contribution is 2.32. The van der Waals surface area contributed by atoms with Gasteiger partial charge in [0.05, 0.1) is 5.69 Å². The van der Waals surface area contributed by atoms with Crippen molar-refractivity contribution < 1.29 is 4.42 Å². The topological polar surface area (TPSA) is 41.3 Å². The quantitative estimate of drug-likeness (QED) is 0.801. The average Bonchev–Trinajstić information content (AvgIpc) is 2.95. The number of aromatic nitrogens is 1. The lowest BCUT2D eigenvalue weighted by Gasteiger charge is -2.24. The van der Waals surface area contributed by atoms with Crippen LogP contribution < -0.4 is 10.2 Å². The van der Waals surface area contributed by atoms with Crippen molar-refractivity contribution in [3.63, 3.8) is 0 Å². The number of hydrogen-bond donors (Lipinski definition) is 1. The normalized spacial score (nSPS) is 15.8. The van der Waals surface area contributed by atoms with Crippen LogP contribution in [0.2, 0.25) is 0 Å². The Balaban J connectivity index is 2.04. The predicted octanol–water partition coefficient (Wildman–Crippen LogP) is 2.02. The van der Waals surface area contributed by atoms with Crippen LogP contribution in [0.3, 0.4) is 0 Å². The van der Waals surface area contributed by atoms with Gasteiger partial charge in [0.1, 0.15) is 6.26 Å². The van der Waals surface area contributed by atoms with E-state index >= 15 is 0 Å². The molecule has 0 spiro atoms. The van der Waals surface area contributed by atoms with E-state index in [0.717, 1.165) is 30.7 Å². The Morgan fingerprint density at radius 1 is 1.56 bits per heavy atom. The average molecular weight is 223 g/mol. The third-order valence-electron chi connectivity index (χ3n) is 2.92. The van der Waals surface area contributed by atoms with Crippen LogP contribution in [0.4, 0.5) is 6.01 Å². The van der Waals surface area contributed by atoms with Crippen LogP contribution in [0.15, 0.2) is 10.7 Å². The van der Waals surface area contributed by atoms with Gasteiger partial charge in [0.2, 0.25) is 0 Å². The van der Waals surface area contributed by atoms with Gasteiger partial charge in [-0.1, -0.05) is 0 Å². The zero-order valence-corrected chi connectivity index (χ0v) is 10.4. The Morgan fingerprint density at radius 2 is 2.31 bits per heavy atom. The van der Waals surface area contributed by atoms with E-state index in [1.807, 2.05) is 7.05 Å². The van der Waals surface area contributed by atoms with Gasteiger partial charge in [-0.05, 0) is 39.7 Å².